The summed E-state index contributed by atoms with van der Waals surface area (Å²) in [7, 11) is -0.541. The van der Waals surface area contributed by atoms with Gasteiger partial charge in [0.25, 0.3) is 8.32 Å². The van der Waals surface area contributed by atoms with Crippen LogP contribution in [0.25, 0.3) is 11.1 Å². The van der Waals surface area contributed by atoms with E-state index in [1.165, 1.54) is 6.92 Å². The molecule has 0 saturated carbocycles. The van der Waals surface area contributed by atoms with Crippen LogP contribution >= 0.6 is 0 Å². The molecular formula is C21H30N2O3Si. The molecule has 0 bridgehead atoms. The molecule has 0 aliphatic rings. The number of nitrogens with two attached hydrogens (primary N) is 1. The van der Waals surface area contributed by atoms with Crippen molar-refractivity contribution >= 4 is 19.9 Å². The van der Waals surface area contributed by atoms with Gasteiger partial charge >= 0.3 is 0 Å². The van der Waals surface area contributed by atoms with Gasteiger partial charge in [0.2, 0.25) is 5.91 Å². The Morgan fingerprint density at radius 3 is 2.41 bits per heavy atom. The van der Waals surface area contributed by atoms with Crippen LogP contribution in [0, 0.1) is 0 Å². The molecule has 0 aromatic heterocycles. The lowest BCUT2D eigenvalue weighted by atomic mass is 10.0. The summed E-state index contributed by atoms with van der Waals surface area (Å²) in [5.74, 6) is 1.39. The van der Waals surface area contributed by atoms with Crippen molar-refractivity contribution in [2.75, 3.05) is 18.6 Å². The number of anilines is 1. The van der Waals surface area contributed by atoms with Crippen molar-refractivity contribution in [2.24, 2.45) is 5.73 Å². The van der Waals surface area contributed by atoms with Gasteiger partial charge in [0.05, 0.1) is 7.11 Å². The van der Waals surface area contributed by atoms with E-state index in [-0.39, 0.29) is 10.9 Å². The number of hydrogen-bond donors (Lipinski definition) is 2. The van der Waals surface area contributed by atoms with E-state index in [2.05, 4.69) is 32.6 Å². The summed E-state index contributed by atoms with van der Waals surface area (Å²) in [6.07, 6.45) is 0.539. The van der Waals surface area contributed by atoms with Crippen LogP contribution in [0.15, 0.2) is 42.5 Å². The van der Waals surface area contributed by atoms with Gasteiger partial charge in [-0.3, -0.25) is 4.79 Å². The number of amides is 1. The molecule has 2 aromatic rings. The van der Waals surface area contributed by atoms with Gasteiger partial charge in [0.1, 0.15) is 11.5 Å². The van der Waals surface area contributed by atoms with Gasteiger partial charge in [0.15, 0.2) is 0 Å². The second kappa shape index (κ2) is 8.15. The number of ether oxygens (including phenoxy) is 1. The highest BCUT2D eigenvalue weighted by Gasteiger charge is 2.42. The van der Waals surface area contributed by atoms with E-state index < -0.39 is 8.32 Å². The fraction of sp³-hybridized carbons (Fsp3) is 0.381. The lowest BCUT2D eigenvalue weighted by molar-refractivity contribution is -0.114. The van der Waals surface area contributed by atoms with Crippen molar-refractivity contribution in [2.45, 2.75) is 39.3 Å². The number of carbonyl (C=O) groups is 1. The third-order valence-electron chi connectivity index (χ3n) is 5.00. The zero-order valence-electron chi connectivity index (χ0n) is 17.1. The van der Waals surface area contributed by atoms with Crippen LogP contribution < -0.4 is 20.2 Å². The molecule has 146 valence electrons. The summed E-state index contributed by atoms with van der Waals surface area (Å²) >= 11 is 0. The van der Waals surface area contributed by atoms with E-state index in [0.717, 1.165) is 28.3 Å². The van der Waals surface area contributed by atoms with Crippen LogP contribution in [0.2, 0.25) is 11.6 Å². The highest BCUT2D eigenvalue weighted by molar-refractivity contribution is 6.76. The summed E-state index contributed by atoms with van der Waals surface area (Å²) in [5.41, 5.74) is 8.63. The Bertz CT molecular complexity index is 817. The molecule has 0 heterocycles. The average molecular weight is 387 g/mol. The topological polar surface area (TPSA) is 73.6 Å². The van der Waals surface area contributed by atoms with Gasteiger partial charge in [-0.15, -0.1) is 0 Å². The highest BCUT2D eigenvalue weighted by atomic mass is 28.4. The summed E-state index contributed by atoms with van der Waals surface area (Å²) < 4.78 is 11.8. The van der Waals surface area contributed by atoms with E-state index in [1.54, 1.807) is 7.11 Å². The number of benzene rings is 2. The maximum atomic E-state index is 11.6. The van der Waals surface area contributed by atoms with Crippen molar-refractivity contribution in [1.29, 1.82) is 0 Å². The van der Waals surface area contributed by atoms with Gasteiger partial charge in [-0.25, -0.2) is 0 Å². The molecule has 0 aliphatic carbocycles. The maximum Gasteiger partial charge on any atom is 0.266 e. The van der Waals surface area contributed by atoms with Gasteiger partial charge in [0, 0.05) is 24.3 Å². The SMILES string of the molecule is COc1ccc(NC(C)=O)c(-c2cccc(O[Si](C)(CN)C(C)(C)C)c2)c1. The van der Waals surface area contributed by atoms with E-state index >= 15 is 0 Å². The Balaban J connectivity index is 2.47. The summed E-state index contributed by atoms with van der Waals surface area (Å²) in [5, 5.41) is 2.89. The number of methoxy groups -OCH3 is 1. The summed E-state index contributed by atoms with van der Waals surface area (Å²) in [4.78, 5) is 11.6. The Hall–Kier alpha value is -2.31. The van der Waals surface area contributed by atoms with Crippen molar-refractivity contribution in [3.05, 3.63) is 42.5 Å². The second-order valence-electron chi connectivity index (χ2n) is 7.91. The fourth-order valence-corrected chi connectivity index (χ4v) is 4.33. The minimum Gasteiger partial charge on any atom is -0.542 e. The van der Waals surface area contributed by atoms with Crippen molar-refractivity contribution in [1.82, 2.24) is 0 Å². The van der Waals surface area contributed by atoms with E-state index in [0.29, 0.717) is 6.17 Å². The quantitative estimate of drug-likeness (QED) is 0.713. The molecular weight excluding hydrogens is 356 g/mol. The molecule has 0 saturated heterocycles. The first-order valence-corrected chi connectivity index (χ1v) is 11.7. The third kappa shape index (κ3) is 4.90. The standard InChI is InChI=1S/C21H30N2O3Si/c1-15(24)23-20-11-10-17(25-5)13-19(20)16-8-7-9-18(12-16)26-27(6,14-22)21(2,3)4/h7-13H,14,22H2,1-6H3,(H,23,24). The first kappa shape index (κ1) is 21.0. The third-order valence-corrected chi connectivity index (χ3v) is 9.64. The Kier molecular flexibility index (Phi) is 6.33. The largest absolute Gasteiger partial charge is 0.542 e. The molecule has 0 spiro atoms. The Labute approximate surface area is 163 Å². The molecule has 0 aliphatic heterocycles. The molecule has 27 heavy (non-hydrogen) atoms. The Morgan fingerprint density at radius 2 is 1.85 bits per heavy atom. The van der Waals surface area contributed by atoms with E-state index in [4.69, 9.17) is 14.9 Å². The van der Waals surface area contributed by atoms with Crippen LogP contribution in [-0.4, -0.2) is 27.5 Å². The minimum atomic E-state index is -2.16. The molecule has 1 unspecified atom stereocenters. The predicted molar refractivity (Wildman–Crippen MR) is 114 cm³/mol. The van der Waals surface area contributed by atoms with Crippen LogP contribution in [0.1, 0.15) is 27.7 Å². The second-order valence-corrected chi connectivity index (χ2v) is 12.5. The number of nitrogens with one attached hydrogen (secondary N) is 1. The number of rotatable bonds is 6. The zero-order chi connectivity index (χ0) is 20.2. The van der Waals surface area contributed by atoms with Crippen molar-refractivity contribution < 1.29 is 14.0 Å². The average Bonchev–Trinajstić information content (AvgIpc) is 2.60. The Morgan fingerprint density at radius 1 is 1.15 bits per heavy atom. The van der Waals surface area contributed by atoms with Gasteiger partial charge in [-0.2, -0.15) is 0 Å². The highest BCUT2D eigenvalue weighted by Crippen LogP contribution is 2.38. The molecule has 1 atom stereocenters. The molecule has 1 amide bonds. The first-order chi connectivity index (χ1) is 12.6. The lowest BCUT2D eigenvalue weighted by Gasteiger charge is -2.38. The molecule has 0 fully saturated rings. The fourth-order valence-electron chi connectivity index (χ4n) is 2.68. The van der Waals surface area contributed by atoms with Gasteiger partial charge in [-0.1, -0.05) is 32.9 Å². The van der Waals surface area contributed by atoms with Crippen molar-refractivity contribution in [3.63, 3.8) is 0 Å². The monoisotopic (exact) mass is 386 g/mol. The summed E-state index contributed by atoms with van der Waals surface area (Å²) in [6, 6.07) is 13.5. The van der Waals surface area contributed by atoms with Crippen LogP contribution in [0.5, 0.6) is 11.5 Å². The minimum absolute atomic E-state index is 0.00900. The molecule has 5 nitrogen and oxygen atoms in total. The van der Waals surface area contributed by atoms with Crippen LogP contribution in [0.3, 0.4) is 0 Å². The molecule has 0 radical (unpaired) electrons. The van der Waals surface area contributed by atoms with Gasteiger partial charge < -0.3 is 20.2 Å². The molecule has 2 aromatic carbocycles. The lowest BCUT2D eigenvalue weighted by Crippen LogP contribution is -2.53. The number of hydrogen-bond acceptors (Lipinski definition) is 4. The van der Waals surface area contributed by atoms with Crippen molar-refractivity contribution in [3.8, 4) is 22.6 Å². The number of carbonyl (C=O) groups excluding carboxylic acids is 1. The predicted octanol–water partition coefficient (Wildman–Crippen LogP) is 4.57. The van der Waals surface area contributed by atoms with Crippen LogP contribution in [0.4, 0.5) is 5.69 Å². The molecule has 6 heteroatoms. The molecule has 3 N–H and O–H groups in total. The van der Waals surface area contributed by atoms with E-state index in [1.807, 2.05) is 42.5 Å². The zero-order valence-corrected chi connectivity index (χ0v) is 18.1. The van der Waals surface area contributed by atoms with Crippen LogP contribution in [-0.2, 0) is 4.79 Å². The molecule has 2 rings (SSSR count). The smallest absolute Gasteiger partial charge is 0.266 e. The first-order valence-electron chi connectivity index (χ1n) is 9.05. The summed E-state index contributed by atoms with van der Waals surface area (Å²) in [6.45, 7) is 10.2. The van der Waals surface area contributed by atoms with Gasteiger partial charge in [-0.05, 0) is 47.5 Å². The normalized spacial score (nSPS) is 13.6. The van der Waals surface area contributed by atoms with E-state index in [9.17, 15) is 4.79 Å². The maximum absolute atomic E-state index is 11.6.